The van der Waals surface area contributed by atoms with Crippen molar-refractivity contribution in [3.63, 3.8) is 0 Å². The highest BCUT2D eigenvalue weighted by atomic mass is 32.2. The van der Waals surface area contributed by atoms with Gasteiger partial charge in [0.2, 0.25) is 0 Å². The molecule has 1 heterocycles. The average molecular weight is 223 g/mol. The smallest absolute Gasteiger partial charge is 0.338 e. The van der Waals surface area contributed by atoms with E-state index in [2.05, 4.69) is 0 Å². The van der Waals surface area contributed by atoms with Crippen molar-refractivity contribution in [2.45, 2.75) is 19.8 Å². The third-order valence-corrected chi connectivity index (χ3v) is 3.48. The van der Waals surface area contributed by atoms with Crippen LogP contribution in [0.4, 0.5) is 0 Å². The molecule has 1 rings (SSSR count). The van der Waals surface area contributed by atoms with Crippen LogP contribution in [0.25, 0.3) is 0 Å². The van der Waals surface area contributed by atoms with Crippen LogP contribution in [0.1, 0.15) is 19.8 Å². The fourth-order valence-corrected chi connectivity index (χ4v) is 2.23. The van der Waals surface area contributed by atoms with E-state index in [-0.39, 0.29) is 6.61 Å². The molecule has 0 unspecified atom stereocenters. The zero-order valence-electron chi connectivity index (χ0n) is 8.44. The summed E-state index contributed by atoms with van der Waals surface area (Å²) in [5.74, 6) is 0. The van der Waals surface area contributed by atoms with E-state index in [1.54, 1.807) is 0 Å². The van der Waals surface area contributed by atoms with Crippen LogP contribution in [0, 0.1) is 0 Å². The van der Waals surface area contributed by atoms with Gasteiger partial charge in [0.25, 0.3) is 0 Å². The van der Waals surface area contributed by atoms with Crippen molar-refractivity contribution in [1.82, 2.24) is 4.31 Å². The first-order chi connectivity index (χ1) is 6.67. The van der Waals surface area contributed by atoms with Crippen molar-refractivity contribution in [2.75, 3.05) is 32.9 Å². The number of unbranched alkanes of at least 4 members (excludes halogenated alkanes) is 1. The highest BCUT2D eigenvalue weighted by molar-refractivity contribution is 7.84. The predicted molar refractivity (Wildman–Crippen MR) is 52.2 cm³/mol. The molecule has 14 heavy (non-hydrogen) atoms. The highest BCUT2D eigenvalue weighted by Crippen LogP contribution is 2.07. The molecule has 1 aliphatic heterocycles. The number of nitrogens with zero attached hydrogens (tertiary/aromatic N) is 1. The SMILES string of the molecule is CCCCOS(=O)(=O)N1CCOCC1. The van der Waals surface area contributed by atoms with E-state index < -0.39 is 10.3 Å². The fraction of sp³-hybridized carbons (Fsp3) is 1.00. The summed E-state index contributed by atoms with van der Waals surface area (Å²) in [6, 6.07) is 0. The predicted octanol–water partition coefficient (Wildman–Crippen LogP) is 0.380. The number of hydrogen-bond acceptors (Lipinski definition) is 4. The molecule has 6 heteroatoms. The van der Waals surface area contributed by atoms with Crippen molar-refractivity contribution >= 4 is 10.3 Å². The molecule has 0 aromatic heterocycles. The molecular formula is C8H17NO4S. The summed E-state index contributed by atoms with van der Waals surface area (Å²) >= 11 is 0. The minimum Gasteiger partial charge on any atom is -0.379 e. The normalized spacial score (nSPS) is 19.8. The molecule has 0 spiro atoms. The molecule has 84 valence electrons. The molecule has 0 saturated carbocycles. The van der Waals surface area contributed by atoms with Crippen LogP contribution in [-0.2, 0) is 19.2 Å². The van der Waals surface area contributed by atoms with Gasteiger partial charge in [-0.25, -0.2) is 0 Å². The van der Waals surface area contributed by atoms with E-state index in [0.717, 1.165) is 12.8 Å². The first-order valence-corrected chi connectivity index (χ1v) is 6.25. The number of ether oxygens (including phenoxy) is 1. The van der Waals surface area contributed by atoms with Crippen molar-refractivity contribution in [1.29, 1.82) is 0 Å². The second kappa shape index (κ2) is 5.65. The van der Waals surface area contributed by atoms with Crippen molar-refractivity contribution in [2.24, 2.45) is 0 Å². The topological polar surface area (TPSA) is 55.8 Å². The Balaban J connectivity index is 2.38. The maximum atomic E-state index is 11.5. The van der Waals surface area contributed by atoms with Gasteiger partial charge in [-0.2, -0.15) is 12.7 Å². The zero-order chi connectivity index (χ0) is 10.4. The Morgan fingerprint density at radius 2 is 2.00 bits per heavy atom. The second-order valence-corrected chi connectivity index (χ2v) is 4.75. The lowest BCUT2D eigenvalue weighted by Crippen LogP contribution is -2.41. The van der Waals surface area contributed by atoms with E-state index in [1.165, 1.54) is 4.31 Å². The maximum absolute atomic E-state index is 11.5. The number of rotatable bonds is 5. The lowest BCUT2D eigenvalue weighted by atomic mass is 10.4. The van der Waals surface area contributed by atoms with Gasteiger partial charge < -0.3 is 4.74 Å². The Hall–Kier alpha value is -0.170. The summed E-state index contributed by atoms with van der Waals surface area (Å²) in [6.07, 6.45) is 1.70. The third kappa shape index (κ3) is 3.53. The Kier molecular flexibility index (Phi) is 4.80. The minimum atomic E-state index is -3.50. The molecular weight excluding hydrogens is 206 g/mol. The van der Waals surface area contributed by atoms with E-state index >= 15 is 0 Å². The highest BCUT2D eigenvalue weighted by Gasteiger charge is 2.24. The summed E-state index contributed by atoms with van der Waals surface area (Å²) in [4.78, 5) is 0. The van der Waals surface area contributed by atoms with Crippen LogP contribution in [0.5, 0.6) is 0 Å². The molecule has 0 radical (unpaired) electrons. The standard InChI is InChI=1S/C8H17NO4S/c1-2-3-6-13-14(10,11)9-4-7-12-8-5-9/h2-8H2,1H3. The van der Waals surface area contributed by atoms with Gasteiger partial charge in [-0.15, -0.1) is 0 Å². The number of morpholine rings is 1. The summed E-state index contributed by atoms with van der Waals surface area (Å²) in [5, 5.41) is 0. The van der Waals surface area contributed by atoms with Crippen LogP contribution in [0.15, 0.2) is 0 Å². The largest absolute Gasteiger partial charge is 0.379 e. The molecule has 0 N–H and O–H groups in total. The van der Waals surface area contributed by atoms with Crippen molar-refractivity contribution in [3.8, 4) is 0 Å². The number of hydrogen-bond donors (Lipinski definition) is 0. The molecule has 1 saturated heterocycles. The quantitative estimate of drug-likeness (QED) is 0.632. The van der Waals surface area contributed by atoms with Gasteiger partial charge >= 0.3 is 10.3 Å². The van der Waals surface area contributed by atoms with Crippen molar-refractivity contribution < 1.29 is 17.3 Å². The molecule has 0 aliphatic carbocycles. The van der Waals surface area contributed by atoms with E-state index in [1.807, 2.05) is 6.92 Å². The lowest BCUT2D eigenvalue weighted by Gasteiger charge is -2.25. The van der Waals surface area contributed by atoms with E-state index in [9.17, 15) is 8.42 Å². The van der Waals surface area contributed by atoms with Gasteiger partial charge in [-0.3, -0.25) is 4.18 Å². The van der Waals surface area contributed by atoms with Crippen LogP contribution >= 0.6 is 0 Å². The summed E-state index contributed by atoms with van der Waals surface area (Å²) in [5.41, 5.74) is 0. The monoisotopic (exact) mass is 223 g/mol. The van der Waals surface area contributed by atoms with Crippen LogP contribution in [0.3, 0.4) is 0 Å². The van der Waals surface area contributed by atoms with Gasteiger partial charge in [0.15, 0.2) is 0 Å². The minimum absolute atomic E-state index is 0.274. The van der Waals surface area contributed by atoms with Crippen LogP contribution in [0.2, 0.25) is 0 Å². The molecule has 1 fully saturated rings. The van der Waals surface area contributed by atoms with Gasteiger partial charge in [-0.05, 0) is 6.42 Å². The van der Waals surface area contributed by atoms with Gasteiger partial charge in [0.1, 0.15) is 0 Å². The molecule has 1 aliphatic rings. The average Bonchev–Trinajstić information content (AvgIpc) is 2.19. The van der Waals surface area contributed by atoms with Gasteiger partial charge in [0, 0.05) is 13.1 Å². The molecule has 0 bridgehead atoms. The molecule has 0 aromatic carbocycles. The van der Waals surface area contributed by atoms with Gasteiger partial charge in [-0.1, -0.05) is 13.3 Å². The maximum Gasteiger partial charge on any atom is 0.338 e. The summed E-state index contributed by atoms with van der Waals surface area (Å²) < 4.78 is 34.3. The molecule has 5 nitrogen and oxygen atoms in total. The Morgan fingerprint density at radius 1 is 1.36 bits per heavy atom. The first kappa shape index (κ1) is 11.9. The zero-order valence-corrected chi connectivity index (χ0v) is 9.25. The molecule has 0 amide bonds. The van der Waals surface area contributed by atoms with E-state index in [4.69, 9.17) is 8.92 Å². The summed E-state index contributed by atoms with van der Waals surface area (Å²) in [7, 11) is -3.50. The van der Waals surface area contributed by atoms with Crippen molar-refractivity contribution in [3.05, 3.63) is 0 Å². The fourth-order valence-electron chi connectivity index (χ4n) is 1.15. The van der Waals surface area contributed by atoms with E-state index in [0.29, 0.717) is 26.3 Å². The molecule has 0 aromatic rings. The Morgan fingerprint density at radius 3 is 2.57 bits per heavy atom. The van der Waals surface area contributed by atoms with Crippen LogP contribution in [-0.4, -0.2) is 45.6 Å². The molecule has 0 atom stereocenters. The third-order valence-electron chi connectivity index (χ3n) is 2.02. The van der Waals surface area contributed by atoms with Gasteiger partial charge in [0.05, 0.1) is 19.8 Å². The Labute approximate surface area is 85.2 Å². The van der Waals surface area contributed by atoms with Crippen LogP contribution < -0.4 is 0 Å². The lowest BCUT2D eigenvalue weighted by molar-refractivity contribution is 0.0666. The second-order valence-electron chi connectivity index (χ2n) is 3.14. The first-order valence-electron chi connectivity index (χ1n) is 4.89. The summed E-state index contributed by atoms with van der Waals surface area (Å²) in [6.45, 7) is 3.97. The Bertz CT molecular complexity index is 246.